The molecule has 0 bridgehead atoms. The van der Waals surface area contributed by atoms with Crippen LogP contribution in [0.3, 0.4) is 0 Å². The summed E-state index contributed by atoms with van der Waals surface area (Å²) in [7, 11) is 0. The lowest BCUT2D eigenvalue weighted by Crippen LogP contribution is -2.18. The zero-order valence-corrected chi connectivity index (χ0v) is 11.0. The highest BCUT2D eigenvalue weighted by Gasteiger charge is 2.37. The molecule has 1 aliphatic carbocycles. The van der Waals surface area contributed by atoms with Gasteiger partial charge in [-0.15, -0.1) is 0 Å². The Bertz CT molecular complexity index is 431. The Balaban J connectivity index is 2.29. The van der Waals surface area contributed by atoms with Crippen LogP contribution in [0.15, 0.2) is 35.5 Å². The molecule has 98 valence electrons. The number of esters is 1. The Labute approximate surface area is 108 Å². The molecule has 3 atom stereocenters. The molecule has 3 heteroatoms. The highest BCUT2D eigenvalue weighted by Crippen LogP contribution is 2.34. The van der Waals surface area contributed by atoms with Gasteiger partial charge >= 0.3 is 5.97 Å². The summed E-state index contributed by atoms with van der Waals surface area (Å²) >= 11 is 0. The minimum Gasteiger partial charge on any atom is -0.454 e. The van der Waals surface area contributed by atoms with Crippen LogP contribution in [-0.4, -0.2) is 23.3 Å². The quantitative estimate of drug-likeness (QED) is 0.407. The lowest BCUT2D eigenvalue weighted by atomic mass is 9.88. The molecule has 1 heterocycles. The van der Waals surface area contributed by atoms with Gasteiger partial charge in [-0.3, -0.25) is 0 Å². The Morgan fingerprint density at radius 3 is 2.89 bits per heavy atom. The number of carbonyl (C=O) groups is 1. The normalized spacial score (nSPS) is 36.3. The van der Waals surface area contributed by atoms with Crippen molar-refractivity contribution in [3.8, 4) is 0 Å². The first-order chi connectivity index (χ1) is 8.49. The van der Waals surface area contributed by atoms with E-state index in [9.17, 15) is 9.90 Å². The van der Waals surface area contributed by atoms with E-state index in [0.717, 1.165) is 18.4 Å². The number of hydrogen-bond donors (Lipinski definition) is 1. The lowest BCUT2D eigenvalue weighted by Gasteiger charge is -2.19. The molecule has 0 unspecified atom stereocenters. The molecule has 0 saturated carbocycles. The van der Waals surface area contributed by atoms with Gasteiger partial charge in [-0.1, -0.05) is 18.2 Å². The fourth-order valence-electron chi connectivity index (χ4n) is 2.47. The topological polar surface area (TPSA) is 46.5 Å². The van der Waals surface area contributed by atoms with Crippen LogP contribution in [0.4, 0.5) is 0 Å². The first-order valence-electron chi connectivity index (χ1n) is 6.41. The van der Waals surface area contributed by atoms with Crippen molar-refractivity contribution in [3.63, 3.8) is 0 Å². The van der Waals surface area contributed by atoms with E-state index in [2.05, 4.69) is 19.6 Å². The molecule has 3 nitrogen and oxygen atoms in total. The van der Waals surface area contributed by atoms with Gasteiger partial charge in [0, 0.05) is 11.5 Å². The van der Waals surface area contributed by atoms with Crippen molar-refractivity contribution in [2.75, 3.05) is 0 Å². The highest BCUT2D eigenvalue weighted by atomic mass is 16.5. The summed E-state index contributed by atoms with van der Waals surface area (Å²) in [5.74, 6) is -0.259. The molecule has 0 aromatic carbocycles. The van der Waals surface area contributed by atoms with Crippen molar-refractivity contribution in [2.24, 2.45) is 5.92 Å². The Morgan fingerprint density at radius 2 is 2.17 bits per heavy atom. The third-order valence-corrected chi connectivity index (χ3v) is 3.84. The molecule has 0 aromatic rings. The zero-order chi connectivity index (χ0) is 13.3. The van der Waals surface area contributed by atoms with Gasteiger partial charge < -0.3 is 9.84 Å². The van der Waals surface area contributed by atoms with Gasteiger partial charge in [-0.25, -0.2) is 4.79 Å². The fraction of sp³-hybridized carbons (Fsp3) is 0.533. The van der Waals surface area contributed by atoms with Crippen LogP contribution in [0.2, 0.25) is 0 Å². The van der Waals surface area contributed by atoms with Crippen molar-refractivity contribution in [1.29, 1.82) is 0 Å². The molecule has 1 saturated heterocycles. The fourth-order valence-corrected chi connectivity index (χ4v) is 2.47. The number of ether oxygens (including phenoxy) is 1. The van der Waals surface area contributed by atoms with Gasteiger partial charge in [0.1, 0.15) is 6.10 Å². The van der Waals surface area contributed by atoms with E-state index < -0.39 is 6.10 Å². The van der Waals surface area contributed by atoms with Gasteiger partial charge in [-0.2, -0.15) is 0 Å². The lowest BCUT2D eigenvalue weighted by molar-refractivity contribution is -0.137. The van der Waals surface area contributed by atoms with Crippen molar-refractivity contribution in [2.45, 2.75) is 45.3 Å². The molecule has 0 amide bonds. The number of allylic oxidation sites excluding steroid dienone is 1. The maximum absolute atomic E-state index is 11.6. The van der Waals surface area contributed by atoms with E-state index in [-0.39, 0.29) is 18.0 Å². The number of carbonyl (C=O) groups excluding carboxylic acids is 1. The number of aliphatic hydroxyl groups is 1. The van der Waals surface area contributed by atoms with E-state index >= 15 is 0 Å². The zero-order valence-electron chi connectivity index (χ0n) is 11.0. The monoisotopic (exact) mass is 248 g/mol. The Kier molecular flexibility index (Phi) is 3.71. The predicted molar refractivity (Wildman–Crippen MR) is 69.9 cm³/mol. The maximum atomic E-state index is 11.6. The Morgan fingerprint density at radius 1 is 1.44 bits per heavy atom. The van der Waals surface area contributed by atoms with Gasteiger partial charge in [0.15, 0.2) is 0 Å². The smallest absolute Gasteiger partial charge is 0.334 e. The third kappa shape index (κ3) is 2.56. The van der Waals surface area contributed by atoms with Crippen LogP contribution in [0.25, 0.3) is 0 Å². The van der Waals surface area contributed by atoms with Crippen LogP contribution in [0.5, 0.6) is 0 Å². The molecular weight excluding hydrogens is 228 g/mol. The number of rotatable bonds is 0. The standard InChI is InChI=1S/C15H20O3/c1-9-4-6-12-11(3)15(17)18-14(12)8-10(2)13(16)7-5-9/h5,8,12-14,16H,3-4,6-7H2,1-2H3/b9-5?,10-8+/t12-,13+,14+/m0/s1. The molecule has 2 aliphatic rings. The summed E-state index contributed by atoms with van der Waals surface area (Å²) < 4.78 is 5.32. The molecule has 0 aromatic heterocycles. The second kappa shape index (κ2) is 5.11. The van der Waals surface area contributed by atoms with Gasteiger partial charge in [0.25, 0.3) is 0 Å². The molecule has 0 spiro atoms. The van der Waals surface area contributed by atoms with Gasteiger partial charge in [0.05, 0.1) is 6.10 Å². The molecule has 1 N–H and O–H groups in total. The van der Waals surface area contributed by atoms with Crippen molar-refractivity contribution in [1.82, 2.24) is 0 Å². The molecule has 2 rings (SSSR count). The average Bonchev–Trinajstić information content (AvgIpc) is 2.59. The summed E-state index contributed by atoms with van der Waals surface area (Å²) in [5.41, 5.74) is 2.67. The molecule has 1 fully saturated rings. The largest absolute Gasteiger partial charge is 0.454 e. The summed E-state index contributed by atoms with van der Waals surface area (Å²) in [6.07, 6.45) is 5.61. The van der Waals surface area contributed by atoms with E-state index in [1.165, 1.54) is 5.57 Å². The summed E-state index contributed by atoms with van der Waals surface area (Å²) in [6.45, 7) is 7.76. The number of fused-ring (bicyclic) bond motifs is 1. The first-order valence-corrected chi connectivity index (χ1v) is 6.41. The third-order valence-electron chi connectivity index (χ3n) is 3.84. The van der Waals surface area contributed by atoms with Crippen molar-refractivity contribution < 1.29 is 14.6 Å². The Hall–Kier alpha value is -1.35. The van der Waals surface area contributed by atoms with E-state index in [1.807, 2.05) is 13.0 Å². The molecule has 1 aliphatic heterocycles. The predicted octanol–water partition coefficient (Wildman–Crippen LogP) is 2.52. The van der Waals surface area contributed by atoms with Crippen LogP contribution < -0.4 is 0 Å². The number of aliphatic hydroxyl groups excluding tert-OH is 1. The SMILES string of the molecule is C=C1C(=O)O[C@@H]2/C=C(\C)[C@H](O)CC=C(C)CC[C@@H]12. The van der Waals surface area contributed by atoms with Crippen LogP contribution in [0.1, 0.15) is 33.1 Å². The minimum atomic E-state index is -0.494. The summed E-state index contributed by atoms with van der Waals surface area (Å²) in [6, 6.07) is 0. The second-order valence-electron chi connectivity index (χ2n) is 5.25. The van der Waals surface area contributed by atoms with E-state index in [4.69, 9.17) is 4.74 Å². The first kappa shape index (κ1) is 13.1. The summed E-state index contributed by atoms with van der Waals surface area (Å²) in [4.78, 5) is 11.6. The van der Waals surface area contributed by atoms with E-state index in [0.29, 0.717) is 12.0 Å². The second-order valence-corrected chi connectivity index (χ2v) is 5.25. The molecular formula is C15H20O3. The minimum absolute atomic E-state index is 0.0427. The van der Waals surface area contributed by atoms with E-state index in [1.54, 1.807) is 0 Å². The maximum Gasteiger partial charge on any atom is 0.334 e. The summed E-state index contributed by atoms with van der Waals surface area (Å²) in [5, 5.41) is 9.99. The average molecular weight is 248 g/mol. The van der Waals surface area contributed by atoms with Crippen LogP contribution >= 0.6 is 0 Å². The van der Waals surface area contributed by atoms with Gasteiger partial charge in [-0.05, 0) is 44.8 Å². The van der Waals surface area contributed by atoms with Gasteiger partial charge in [0.2, 0.25) is 0 Å². The van der Waals surface area contributed by atoms with Crippen LogP contribution in [0, 0.1) is 5.92 Å². The highest BCUT2D eigenvalue weighted by molar-refractivity contribution is 5.91. The molecule has 18 heavy (non-hydrogen) atoms. The van der Waals surface area contributed by atoms with Crippen LogP contribution in [-0.2, 0) is 9.53 Å². The molecule has 0 radical (unpaired) electrons. The van der Waals surface area contributed by atoms with Crippen molar-refractivity contribution >= 4 is 5.97 Å². The van der Waals surface area contributed by atoms with Crippen molar-refractivity contribution in [3.05, 3.63) is 35.5 Å². The number of hydrogen-bond acceptors (Lipinski definition) is 3.